The fourth-order valence-corrected chi connectivity index (χ4v) is 2.76. The van der Waals surface area contributed by atoms with E-state index >= 15 is 0 Å². The topological polar surface area (TPSA) is 13.1 Å². The number of benzene rings is 2. The Bertz CT molecular complexity index is 685. The molecule has 0 bridgehead atoms. The molecular weight excluding hydrogens is 255 g/mol. The Kier molecular flexibility index (Phi) is 2.73. The Morgan fingerprint density at radius 1 is 0.882 bits per heavy atom. The molecule has 1 nitrogen and oxygen atoms in total. The quantitative estimate of drug-likeness (QED) is 0.590. The van der Waals surface area contributed by atoms with E-state index in [2.05, 4.69) is 6.07 Å². The molecule has 0 radical (unpaired) electrons. The van der Waals surface area contributed by atoms with Crippen LogP contribution >= 0.6 is 23.2 Å². The van der Waals surface area contributed by atoms with Crippen LogP contribution in [0.5, 0.6) is 0 Å². The Morgan fingerprint density at radius 3 is 2.47 bits per heavy atom. The molecule has 0 atom stereocenters. The van der Waals surface area contributed by atoms with Gasteiger partial charge in [-0.3, -0.25) is 0 Å². The standard InChI is InChI=1S/C14H10Cl2O/c15-7-9-5-6-13-14(11(9)8-16)10-3-1-2-4-12(10)17-13/h1-6H,7-8H2. The number of hydrogen-bond donors (Lipinski definition) is 0. The summed E-state index contributed by atoms with van der Waals surface area (Å²) in [5.74, 6) is 0.917. The van der Waals surface area contributed by atoms with Crippen LogP contribution in [0, 0.1) is 0 Å². The largest absolute Gasteiger partial charge is 0.456 e. The molecule has 3 heteroatoms. The Balaban J connectivity index is 2.51. The molecule has 0 spiro atoms. The van der Waals surface area contributed by atoms with E-state index in [-0.39, 0.29) is 0 Å². The molecule has 0 amide bonds. The van der Waals surface area contributed by atoms with Gasteiger partial charge in [-0.2, -0.15) is 0 Å². The van der Waals surface area contributed by atoms with E-state index in [1.807, 2.05) is 30.3 Å². The van der Waals surface area contributed by atoms with Crippen molar-refractivity contribution < 1.29 is 4.42 Å². The lowest BCUT2D eigenvalue weighted by molar-refractivity contribution is 0.668. The summed E-state index contributed by atoms with van der Waals surface area (Å²) in [5, 5.41) is 2.19. The van der Waals surface area contributed by atoms with Gasteiger partial charge in [0.2, 0.25) is 0 Å². The van der Waals surface area contributed by atoms with E-state index in [0.717, 1.165) is 33.1 Å². The van der Waals surface area contributed by atoms with Crippen LogP contribution < -0.4 is 0 Å². The fourth-order valence-electron chi connectivity index (χ4n) is 2.21. The van der Waals surface area contributed by atoms with Crippen molar-refractivity contribution in [3.05, 3.63) is 47.5 Å². The van der Waals surface area contributed by atoms with Gasteiger partial charge in [-0.25, -0.2) is 0 Å². The molecule has 0 aliphatic carbocycles. The minimum Gasteiger partial charge on any atom is -0.456 e. The maximum absolute atomic E-state index is 6.05. The van der Waals surface area contributed by atoms with Crippen molar-refractivity contribution in [1.29, 1.82) is 0 Å². The van der Waals surface area contributed by atoms with Gasteiger partial charge in [0.25, 0.3) is 0 Å². The average Bonchev–Trinajstić information content (AvgIpc) is 2.76. The zero-order chi connectivity index (χ0) is 11.8. The molecule has 86 valence electrons. The molecule has 0 aliphatic heterocycles. The Morgan fingerprint density at radius 2 is 1.71 bits per heavy atom. The number of hydrogen-bond acceptors (Lipinski definition) is 1. The zero-order valence-corrected chi connectivity index (χ0v) is 10.6. The van der Waals surface area contributed by atoms with Crippen molar-refractivity contribution in [3.63, 3.8) is 0 Å². The van der Waals surface area contributed by atoms with Crippen molar-refractivity contribution in [2.45, 2.75) is 11.8 Å². The minimum atomic E-state index is 0.447. The SMILES string of the molecule is ClCc1ccc2oc3ccccc3c2c1CCl. The predicted molar refractivity (Wildman–Crippen MR) is 72.8 cm³/mol. The van der Waals surface area contributed by atoms with Crippen molar-refractivity contribution in [3.8, 4) is 0 Å². The third-order valence-corrected chi connectivity index (χ3v) is 3.58. The second kappa shape index (κ2) is 4.25. The maximum atomic E-state index is 6.05. The molecule has 0 saturated carbocycles. The molecule has 3 aromatic rings. The minimum absolute atomic E-state index is 0.447. The summed E-state index contributed by atoms with van der Waals surface area (Å²) in [6.07, 6.45) is 0. The van der Waals surface area contributed by atoms with Gasteiger partial charge in [-0.15, -0.1) is 23.2 Å². The molecular formula is C14H10Cl2O. The molecule has 3 rings (SSSR count). The second-order valence-corrected chi connectivity index (χ2v) is 4.48. The first-order valence-corrected chi connectivity index (χ1v) is 6.46. The molecule has 17 heavy (non-hydrogen) atoms. The van der Waals surface area contributed by atoms with Gasteiger partial charge in [0.1, 0.15) is 11.2 Å². The number of fused-ring (bicyclic) bond motifs is 3. The van der Waals surface area contributed by atoms with Gasteiger partial charge in [-0.05, 0) is 23.3 Å². The highest BCUT2D eigenvalue weighted by atomic mass is 35.5. The van der Waals surface area contributed by atoms with E-state index < -0.39 is 0 Å². The Labute approximate surface area is 109 Å². The monoisotopic (exact) mass is 264 g/mol. The average molecular weight is 265 g/mol. The normalized spacial score (nSPS) is 11.4. The van der Waals surface area contributed by atoms with Crippen molar-refractivity contribution in [2.24, 2.45) is 0 Å². The lowest BCUT2D eigenvalue weighted by atomic mass is 10.0. The van der Waals surface area contributed by atoms with Crippen LogP contribution in [0.3, 0.4) is 0 Å². The van der Waals surface area contributed by atoms with E-state index in [1.165, 1.54) is 0 Å². The molecule has 2 aromatic carbocycles. The van der Waals surface area contributed by atoms with Crippen LogP contribution in [0.4, 0.5) is 0 Å². The molecule has 0 aliphatic rings. The predicted octanol–water partition coefficient (Wildman–Crippen LogP) is 5.06. The fraction of sp³-hybridized carbons (Fsp3) is 0.143. The Hall–Kier alpha value is -1.18. The smallest absolute Gasteiger partial charge is 0.135 e. The lowest BCUT2D eigenvalue weighted by Gasteiger charge is -2.04. The number of para-hydroxylation sites is 1. The summed E-state index contributed by atoms with van der Waals surface area (Å²) in [6, 6.07) is 11.9. The first-order chi connectivity index (χ1) is 8.35. The van der Waals surface area contributed by atoms with Crippen molar-refractivity contribution in [2.75, 3.05) is 0 Å². The summed E-state index contributed by atoms with van der Waals surface area (Å²) in [7, 11) is 0. The molecule has 0 N–H and O–H groups in total. The summed E-state index contributed by atoms with van der Waals surface area (Å²) < 4.78 is 5.79. The van der Waals surface area contributed by atoms with Crippen LogP contribution in [-0.4, -0.2) is 0 Å². The number of furan rings is 1. The van der Waals surface area contributed by atoms with E-state index in [1.54, 1.807) is 0 Å². The number of halogens is 2. The molecule has 0 fully saturated rings. The summed E-state index contributed by atoms with van der Waals surface area (Å²) in [5.41, 5.74) is 3.90. The van der Waals surface area contributed by atoms with Crippen LogP contribution in [0.1, 0.15) is 11.1 Å². The summed E-state index contributed by atoms with van der Waals surface area (Å²) >= 11 is 12.0. The molecule has 1 heterocycles. The van der Waals surface area contributed by atoms with Crippen LogP contribution in [0.15, 0.2) is 40.8 Å². The highest BCUT2D eigenvalue weighted by Gasteiger charge is 2.13. The highest BCUT2D eigenvalue weighted by Crippen LogP contribution is 2.34. The van der Waals surface area contributed by atoms with Gasteiger partial charge in [-0.1, -0.05) is 24.3 Å². The van der Waals surface area contributed by atoms with Gasteiger partial charge in [0.15, 0.2) is 0 Å². The maximum Gasteiger partial charge on any atom is 0.135 e. The third kappa shape index (κ3) is 1.62. The van der Waals surface area contributed by atoms with Crippen LogP contribution in [0.2, 0.25) is 0 Å². The van der Waals surface area contributed by atoms with E-state index in [0.29, 0.717) is 11.8 Å². The van der Waals surface area contributed by atoms with Gasteiger partial charge in [0.05, 0.1) is 0 Å². The van der Waals surface area contributed by atoms with Crippen LogP contribution in [0.25, 0.3) is 21.9 Å². The van der Waals surface area contributed by atoms with Crippen LogP contribution in [-0.2, 0) is 11.8 Å². The first kappa shape index (κ1) is 10.9. The molecule has 0 saturated heterocycles. The summed E-state index contributed by atoms with van der Waals surface area (Å²) in [6.45, 7) is 0. The number of alkyl halides is 2. The second-order valence-electron chi connectivity index (χ2n) is 3.94. The van der Waals surface area contributed by atoms with Gasteiger partial charge < -0.3 is 4.42 Å². The third-order valence-electron chi connectivity index (χ3n) is 3.03. The lowest BCUT2D eigenvalue weighted by Crippen LogP contribution is -1.88. The van der Waals surface area contributed by atoms with E-state index in [4.69, 9.17) is 27.6 Å². The van der Waals surface area contributed by atoms with Gasteiger partial charge in [0, 0.05) is 22.5 Å². The zero-order valence-electron chi connectivity index (χ0n) is 9.04. The van der Waals surface area contributed by atoms with Crippen molar-refractivity contribution in [1.82, 2.24) is 0 Å². The van der Waals surface area contributed by atoms with Crippen molar-refractivity contribution >= 4 is 45.1 Å². The van der Waals surface area contributed by atoms with Gasteiger partial charge >= 0.3 is 0 Å². The summed E-state index contributed by atoms with van der Waals surface area (Å²) in [4.78, 5) is 0. The molecule has 0 unspecified atom stereocenters. The van der Waals surface area contributed by atoms with E-state index in [9.17, 15) is 0 Å². The highest BCUT2D eigenvalue weighted by molar-refractivity contribution is 6.21. The first-order valence-electron chi connectivity index (χ1n) is 5.39. The number of rotatable bonds is 2. The molecule has 1 aromatic heterocycles.